The summed E-state index contributed by atoms with van der Waals surface area (Å²) in [4.78, 5) is -0.879. The van der Waals surface area contributed by atoms with Crippen molar-refractivity contribution in [1.29, 1.82) is 0 Å². The van der Waals surface area contributed by atoms with Crippen molar-refractivity contribution in [3.63, 3.8) is 0 Å². The number of hydrogen-bond acceptors (Lipinski definition) is 3. The molecule has 0 amide bonds. The van der Waals surface area contributed by atoms with Crippen LogP contribution in [-0.4, -0.2) is 27.5 Å². The molecule has 1 saturated heterocycles. The minimum atomic E-state index is -4.18. The first-order valence-corrected chi connectivity index (χ1v) is 7.76. The van der Waals surface area contributed by atoms with Gasteiger partial charge in [0.2, 0.25) is 10.0 Å². The summed E-state index contributed by atoms with van der Waals surface area (Å²) >= 11 is 0. The van der Waals surface area contributed by atoms with E-state index in [-0.39, 0.29) is 25.0 Å². The Morgan fingerprint density at radius 3 is 2.57 bits per heavy atom. The van der Waals surface area contributed by atoms with Crippen molar-refractivity contribution < 1.29 is 21.6 Å². The van der Waals surface area contributed by atoms with Crippen molar-refractivity contribution in [2.45, 2.75) is 30.2 Å². The molecule has 1 atom stereocenters. The van der Waals surface area contributed by atoms with Crippen LogP contribution in [0.1, 0.15) is 19.3 Å². The average molecular weight is 345 g/mol. The molecule has 0 bridgehead atoms. The lowest BCUT2D eigenvalue weighted by atomic mass is 10.2. The van der Waals surface area contributed by atoms with Crippen LogP contribution in [0.25, 0.3) is 0 Å². The van der Waals surface area contributed by atoms with Gasteiger partial charge < -0.3 is 5.32 Å². The van der Waals surface area contributed by atoms with Crippen molar-refractivity contribution in [1.82, 2.24) is 10.0 Å². The van der Waals surface area contributed by atoms with Gasteiger partial charge in [-0.05, 0) is 37.9 Å². The fourth-order valence-corrected chi connectivity index (χ4v) is 3.28. The van der Waals surface area contributed by atoms with Crippen LogP contribution in [0.4, 0.5) is 13.2 Å². The molecule has 1 fully saturated rings. The normalized spacial score (nSPS) is 18.5. The lowest BCUT2D eigenvalue weighted by molar-refractivity contribution is 0.431. The van der Waals surface area contributed by atoms with Crippen molar-refractivity contribution in [2.24, 2.45) is 0 Å². The maximum Gasteiger partial charge on any atom is 0.243 e. The summed E-state index contributed by atoms with van der Waals surface area (Å²) in [5, 5.41) is 3.19. The second-order valence-corrected chi connectivity index (χ2v) is 6.39. The largest absolute Gasteiger partial charge is 0.314 e. The van der Waals surface area contributed by atoms with Gasteiger partial charge in [0, 0.05) is 12.6 Å². The summed E-state index contributed by atoms with van der Waals surface area (Å²) < 4.78 is 65.1. The lowest BCUT2D eigenvalue weighted by Crippen LogP contribution is -2.31. The highest BCUT2D eigenvalue weighted by Gasteiger charge is 2.24. The molecule has 1 heterocycles. The standard InChI is InChI=1S/C12H15F3N2O2S.ClH/c13-9-3-4-10(12(15)11(9)14)20(18,19)17-7-5-8-2-1-6-16-8;/h3-4,8,16-17H,1-2,5-7H2;1H/t8-;/m1./s1. The van der Waals surface area contributed by atoms with E-state index in [0.29, 0.717) is 18.6 Å². The van der Waals surface area contributed by atoms with Gasteiger partial charge in [-0.1, -0.05) is 0 Å². The third-order valence-electron chi connectivity index (χ3n) is 3.24. The molecule has 0 aliphatic carbocycles. The topological polar surface area (TPSA) is 58.2 Å². The SMILES string of the molecule is Cl.O=S(=O)(NCC[C@H]1CCCN1)c1ccc(F)c(F)c1F. The molecule has 0 unspecified atom stereocenters. The van der Waals surface area contributed by atoms with Gasteiger partial charge >= 0.3 is 0 Å². The lowest BCUT2D eigenvalue weighted by Gasteiger charge is -2.11. The molecule has 120 valence electrons. The molecule has 2 N–H and O–H groups in total. The molecule has 1 aromatic carbocycles. The zero-order valence-electron chi connectivity index (χ0n) is 11.0. The molecular weight excluding hydrogens is 329 g/mol. The number of sulfonamides is 1. The molecule has 21 heavy (non-hydrogen) atoms. The molecule has 9 heteroatoms. The van der Waals surface area contributed by atoms with Gasteiger partial charge in [0.15, 0.2) is 17.5 Å². The van der Waals surface area contributed by atoms with Gasteiger partial charge in [-0.15, -0.1) is 12.4 Å². The first-order chi connectivity index (χ1) is 9.42. The second-order valence-electron chi connectivity index (χ2n) is 4.65. The summed E-state index contributed by atoms with van der Waals surface area (Å²) in [6.07, 6.45) is 2.56. The highest BCUT2D eigenvalue weighted by atomic mass is 35.5. The Balaban J connectivity index is 0.00000220. The van der Waals surface area contributed by atoms with E-state index in [9.17, 15) is 21.6 Å². The van der Waals surface area contributed by atoms with Gasteiger partial charge in [-0.2, -0.15) is 0 Å². The van der Waals surface area contributed by atoms with E-state index < -0.39 is 32.4 Å². The van der Waals surface area contributed by atoms with E-state index in [1.807, 2.05) is 0 Å². The Labute approximate surface area is 127 Å². The van der Waals surface area contributed by atoms with E-state index in [2.05, 4.69) is 10.0 Å². The molecule has 4 nitrogen and oxygen atoms in total. The summed E-state index contributed by atoms with van der Waals surface area (Å²) in [7, 11) is -4.18. The molecule has 1 aliphatic heterocycles. The number of halogens is 4. The van der Waals surface area contributed by atoms with Crippen LogP contribution in [0.3, 0.4) is 0 Å². The Kier molecular flexibility index (Phi) is 6.45. The maximum atomic E-state index is 13.4. The summed E-state index contributed by atoms with van der Waals surface area (Å²) in [6.45, 7) is 1.01. The molecule has 1 aromatic rings. The van der Waals surface area contributed by atoms with E-state index in [4.69, 9.17) is 0 Å². The van der Waals surface area contributed by atoms with Crippen molar-refractivity contribution in [2.75, 3.05) is 13.1 Å². The van der Waals surface area contributed by atoms with Gasteiger partial charge in [0.25, 0.3) is 0 Å². The number of benzene rings is 1. The number of nitrogens with one attached hydrogen (secondary N) is 2. The van der Waals surface area contributed by atoms with Crippen LogP contribution >= 0.6 is 12.4 Å². The van der Waals surface area contributed by atoms with E-state index in [0.717, 1.165) is 19.4 Å². The minimum Gasteiger partial charge on any atom is -0.314 e. The van der Waals surface area contributed by atoms with Gasteiger partial charge in [0.05, 0.1) is 0 Å². The summed E-state index contributed by atoms with van der Waals surface area (Å²) in [5.41, 5.74) is 0. The predicted octanol–water partition coefficient (Wildman–Crippen LogP) is 1.95. The Bertz CT molecular complexity index is 592. The monoisotopic (exact) mass is 344 g/mol. The Morgan fingerprint density at radius 1 is 1.24 bits per heavy atom. The summed E-state index contributed by atoms with van der Waals surface area (Å²) in [5.74, 6) is -4.90. The highest BCUT2D eigenvalue weighted by molar-refractivity contribution is 7.89. The smallest absolute Gasteiger partial charge is 0.243 e. The zero-order chi connectivity index (χ0) is 14.8. The van der Waals surface area contributed by atoms with Crippen LogP contribution in [0.5, 0.6) is 0 Å². The van der Waals surface area contributed by atoms with Crippen molar-refractivity contribution >= 4 is 22.4 Å². The Morgan fingerprint density at radius 2 is 1.95 bits per heavy atom. The van der Waals surface area contributed by atoms with E-state index in [1.165, 1.54) is 0 Å². The molecular formula is C12H16ClF3N2O2S. The third kappa shape index (κ3) is 4.32. The molecule has 0 spiro atoms. The van der Waals surface area contributed by atoms with Crippen molar-refractivity contribution in [3.8, 4) is 0 Å². The van der Waals surface area contributed by atoms with E-state index in [1.54, 1.807) is 0 Å². The van der Waals surface area contributed by atoms with Crippen LogP contribution in [0.15, 0.2) is 17.0 Å². The van der Waals surface area contributed by atoms with E-state index >= 15 is 0 Å². The molecule has 0 saturated carbocycles. The van der Waals surface area contributed by atoms with Gasteiger partial charge in [-0.25, -0.2) is 26.3 Å². The quantitative estimate of drug-likeness (QED) is 0.803. The van der Waals surface area contributed by atoms with Crippen molar-refractivity contribution in [3.05, 3.63) is 29.6 Å². The van der Waals surface area contributed by atoms with Crippen LogP contribution in [0.2, 0.25) is 0 Å². The summed E-state index contributed by atoms with van der Waals surface area (Å²) in [6, 6.07) is 1.53. The highest BCUT2D eigenvalue weighted by Crippen LogP contribution is 2.19. The zero-order valence-corrected chi connectivity index (χ0v) is 12.7. The third-order valence-corrected chi connectivity index (χ3v) is 4.72. The van der Waals surface area contributed by atoms with Gasteiger partial charge in [0.1, 0.15) is 4.90 Å². The molecule has 0 aromatic heterocycles. The first-order valence-electron chi connectivity index (χ1n) is 6.28. The average Bonchev–Trinajstić information content (AvgIpc) is 2.88. The fraction of sp³-hybridized carbons (Fsp3) is 0.500. The first kappa shape index (κ1) is 18.2. The minimum absolute atomic E-state index is 0. The Hall–Kier alpha value is -0.830. The predicted molar refractivity (Wildman–Crippen MR) is 74.4 cm³/mol. The number of hydrogen-bond donors (Lipinski definition) is 2. The van der Waals surface area contributed by atoms with Crippen LogP contribution in [0, 0.1) is 17.5 Å². The number of rotatable bonds is 5. The molecule has 0 radical (unpaired) electrons. The molecule has 2 rings (SSSR count). The van der Waals surface area contributed by atoms with Crippen LogP contribution < -0.4 is 10.0 Å². The van der Waals surface area contributed by atoms with Gasteiger partial charge in [-0.3, -0.25) is 0 Å². The molecule has 1 aliphatic rings. The fourth-order valence-electron chi connectivity index (χ4n) is 2.16. The second kappa shape index (κ2) is 7.44. The van der Waals surface area contributed by atoms with Crippen LogP contribution in [-0.2, 0) is 10.0 Å². The maximum absolute atomic E-state index is 13.4.